The number of aryl methyl sites for hydroxylation is 1. The van der Waals surface area contributed by atoms with E-state index in [4.69, 9.17) is 0 Å². The normalized spacial score (nSPS) is 10.9. The van der Waals surface area contributed by atoms with Gasteiger partial charge in [-0.2, -0.15) is 0 Å². The van der Waals surface area contributed by atoms with Crippen LogP contribution < -0.4 is 10.9 Å². The highest BCUT2D eigenvalue weighted by molar-refractivity contribution is 7.99. The molecule has 0 spiro atoms. The summed E-state index contributed by atoms with van der Waals surface area (Å²) >= 11 is 1.14. The van der Waals surface area contributed by atoms with Gasteiger partial charge < -0.3 is 5.32 Å². The van der Waals surface area contributed by atoms with Crippen LogP contribution in [0.15, 0.2) is 70.7 Å². The Morgan fingerprint density at radius 1 is 1.11 bits per heavy atom. The molecule has 0 aliphatic carbocycles. The molecule has 144 valence electrons. The van der Waals surface area contributed by atoms with Crippen LogP contribution in [0, 0.1) is 6.92 Å². The minimum atomic E-state index is -0.231. The van der Waals surface area contributed by atoms with Gasteiger partial charge in [0.25, 0.3) is 5.56 Å². The van der Waals surface area contributed by atoms with Gasteiger partial charge in [-0.25, -0.2) is 4.98 Å². The van der Waals surface area contributed by atoms with Crippen LogP contribution >= 0.6 is 11.8 Å². The van der Waals surface area contributed by atoms with E-state index in [1.165, 1.54) is 10.1 Å². The van der Waals surface area contributed by atoms with Crippen molar-refractivity contribution >= 4 is 23.4 Å². The minimum absolute atomic E-state index is 0.117. The van der Waals surface area contributed by atoms with Crippen molar-refractivity contribution < 1.29 is 4.79 Å². The predicted octanol–water partition coefficient (Wildman–Crippen LogP) is 4.40. The van der Waals surface area contributed by atoms with Gasteiger partial charge in [0.1, 0.15) is 0 Å². The van der Waals surface area contributed by atoms with Gasteiger partial charge in [0.05, 0.1) is 5.75 Å². The summed E-state index contributed by atoms with van der Waals surface area (Å²) in [5.74, 6) is 0.390. The molecule has 28 heavy (non-hydrogen) atoms. The number of hydrogen-bond acceptors (Lipinski definition) is 4. The summed E-state index contributed by atoms with van der Waals surface area (Å²) in [7, 11) is 0. The van der Waals surface area contributed by atoms with Crippen LogP contribution in [0.25, 0.3) is 5.69 Å². The van der Waals surface area contributed by atoms with Crippen LogP contribution in [0.3, 0.4) is 0 Å². The molecule has 3 rings (SSSR count). The van der Waals surface area contributed by atoms with Crippen LogP contribution in [0.2, 0.25) is 0 Å². The molecule has 0 saturated heterocycles. The average molecular weight is 394 g/mol. The molecule has 1 heterocycles. The molecule has 5 nitrogen and oxygen atoms in total. The molecule has 3 aromatic rings. The van der Waals surface area contributed by atoms with Crippen LogP contribution in [0.4, 0.5) is 5.69 Å². The van der Waals surface area contributed by atoms with Crippen molar-refractivity contribution in [3.8, 4) is 5.69 Å². The summed E-state index contributed by atoms with van der Waals surface area (Å²) in [5.41, 5.74) is 3.63. The molecule has 2 aromatic carbocycles. The zero-order valence-electron chi connectivity index (χ0n) is 16.2. The largest absolute Gasteiger partial charge is 0.325 e. The van der Waals surface area contributed by atoms with E-state index in [0.29, 0.717) is 10.9 Å². The zero-order chi connectivity index (χ0) is 20.1. The van der Waals surface area contributed by atoms with Crippen molar-refractivity contribution in [2.24, 2.45) is 0 Å². The Morgan fingerprint density at radius 2 is 1.79 bits per heavy atom. The topological polar surface area (TPSA) is 64.0 Å². The van der Waals surface area contributed by atoms with E-state index in [2.05, 4.69) is 24.1 Å². The van der Waals surface area contributed by atoms with Crippen molar-refractivity contribution in [1.82, 2.24) is 9.55 Å². The fraction of sp³-hybridized carbons (Fsp3) is 0.227. The summed E-state index contributed by atoms with van der Waals surface area (Å²) < 4.78 is 1.54. The smallest absolute Gasteiger partial charge is 0.287 e. The van der Waals surface area contributed by atoms with Gasteiger partial charge in [-0.05, 0) is 42.7 Å². The third-order valence-corrected chi connectivity index (χ3v) is 5.28. The molecule has 1 amide bonds. The zero-order valence-corrected chi connectivity index (χ0v) is 17.0. The van der Waals surface area contributed by atoms with Crippen molar-refractivity contribution in [3.63, 3.8) is 0 Å². The molecule has 0 aliphatic heterocycles. The second kappa shape index (κ2) is 8.89. The Kier molecular flexibility index (Phi) is 6.31. The molecule has 0 radical (unpaired) electrons. The summed E-state index contributed by atoms with van der Waals surface area (Å²) in [6.45, 7) is 6.25. The number of thioether (sulfide) groups is 1. The number of hydrogen-bond donors (Lipinski definition) is 1. The van der Waals surface area contributed by atoms with Gasteiger partial charge in [0.15, 0.2) is 5.03 Å². The highest BCUT2D eigenvalue weighted by Gasteiger charge is 2.10. The Morgan fingerprint density at radius 3 is 2.43 bits per heavy atom. The maximum absolute atomic E-state index is 12.7. The number of amides is 1. The highest BCUT2D eigenvalue weighted by Crippen LogP contribution is 2.18. The fourth-order valence-corrected chi connectivity index (χ4v) is 3.38. The third-order valence-electron chi connectivity index (χ3n) is 4.32. The molecule has 0 unspecified atom stereocenters. The van der Waals surface area contributed by atoms with Gasteiger partial charge in [0, 0.05) is 23.8 Å². The van der Waals surface area contributed by atoms with Crippen molar-refractivity contribution in [1.29, 1.82) is 0 Å². The van der Waals surface area contributed by atoms with Gasteiger partial charge in [-0.1, -0.05) is 55.4 Å². The summed E-state index contributed by atoms with van der Waals surface area (Å²) in [6, 6.07) is 15.5. The Hall–Kier alpha value is -2.86. The molecule has 0 bridgehead atoms. The lowest BCUT2D eigenvalue weighted by atomic mass is 10.0. The van der Waals surface area contributed by atoms with E-state index < -0.39 is 0 Å². The maximum atomic E-state index is 12.7. The molecular formula is C22H23N3O2S. The standard InChI is InChI=1S/C22H23N3O2S/c1-15(2)17-6-8-18(9-7-17)24-20(26)14-28-21-22(27)25(13-12-23-21)19-10-4-16(3)5-11-19/h4-13,15H,14H2,1-3H3,(H,24,26). The summed E-state index contributed by atoms with van der Waals surface area (Å²) in [6.07, 6.45) is 3.21. The number of aromatic nitrogens is 2. The number of carbonyl (C=O) groups is 1. The van der Waals surface area contributed by atoms with Gasteiger partial charge in [0.2, 0.25) is 5.91 Å². The Labute approximate surface area is 168 Å². The summed E-state index contributed by atoms with van der Waals surface area (Å²) in [5, 5.41) is 3.15. The van der Waals surface area contributed by atoms with E-state index in [1.54, 1.807) is 12.4 Å². The number of carbonyl (C=O) groups excluding carboxylic acids is 1. The lowest BCUT2D eigenvalue weighted by Crippen LogP contribution is -2.22. The third kappa shape index (κ3) is 4.89. The van der Waals surface area contributed by atoms with Crippen LogP contribution in [0.5, 0.6) is 0 Å². The molecule has 0 fully saturated rings. The van der Waals surface area contributed by atoms with Gasteiger partial charge >= 0.3 is 0 Å². The number of benzene rings is 2. The van der Waals surface area contributed by atoms with Crippen LogP contribution in [-0.2, 0) is 4.79 Å². The van der Waals surface area contributed by atoms with Crippen LogP contribution in [-0.4, -0.2) is 21.2 Å². The fourth-order valence-electron chi connectivity index (χ4n) is 2.68. The molecule has 6 heteroatoms. The predicted molar refractivity (Wildman–Crippen MR) is 114 cm³/mol. The lowest BCUT2D eigenvalue weighted by Gasteiger charge is -2.09. The number of anilines is 1. The number of nitrogens with one attached hydrogen (secondary N) is 1. The van der Waals surface area contributed by atoms with Crippen molar-refractivity contribution in [2.45, 2.75) is 31.7 Å². The molecule has 0 saturated carbocycles. The first-order valence-electron chi connectivity index (χ1n) is 9.11. The first-order valence-corrected chi connectivity index (χ1v) is 10.1. The minimum Gasteiger partial charge on any atom is -0.325 e. The highest BCUT2D eigenvalue weighted by atomic mass is 32.2. The van der Waals surface area contributed by atoms with E-state index in [9.17, 15) is 9.59 Å². The van der Waals surface area contributed by atoms with Crippen molar-refractivity contribution in [3.05, 3.63) is 82.4 Å². The number of nitrogens with zero attached hydrogens (tertiary/aromatic N) is 2. The Bertz CT molecular complexity index is 1010. The maximum Gasteiger partial charge on any atom is 0.287 e. The van der Waals surface area contributed by atoms with Gasteiger partial charge in [-0.15, -0.1) is 0 Å². The van der Waals surface area contributed by atoms with Crippen LogP contribution in [0.1, 0.15) is 30.9 Å². The average Bonchev–Trinajstić information content (AvgIpc) is 2.68. The van der Waals surface area contributed by atoms with E-state index in [1.807, 2.05) is 55.5 Å². The Balaban J connectivity index is 1.65. The first-order chi connectivity index (χ1) is 13.4. The SMILES string of the molecule is Cc1ccc(-n2ccnc(SCC(=O)Nc3ccc(C(C)C)cc3)c2=O)cc1. The molecule has 1 aromatic heterocycles. The molecular weight excluding hydrogens is 370 g/mol. The molecule has 1 N–H and O–H groups in total. The quantitative estimate of drug-likeness (QED) is 0.631. The molecule has 0 aliphatic rings. The second-order valence-electron chi connectivity index (χ2n) is 6.86. The van der Waals surface area contributed by atoms with Gasteiger partial charge in [-0.3, -0.25) is 14.2 Å². The monoisotopic (exact) mass is 393 g/mol. The van der Waals surface area contributed by atoms with Crippen molar-refractivity contribution in [2.75, 3.05) is 11.1 Å². The second-order valence-corrected chi connectivity index (χ2v) is 7.82. The molecule has 0 atom stereocenters. The number of rotatable bonds is 6. The van der Waals surface area contributed by atoms with E-state index in [0.717, 1.165) is 28.7 Å². The summed E-state index contributed by atoms with van der Waals surface area (Å²) in [4.78, 5) is 29.1. The van der Waals surface area contributed by atoms with E-state index in [-0.39, 0.29) is 17.2 Å². The lowest BCUT2D eigenvalue weighted by molar-refractivity contribution is -0.113. The first kappa shape index (κ1) is 19.9. The van der Waals surface area contributed by atoms with E-state index >= 15 is 0 Å².